The van der Waals surface area contributed by atoms with Gasteiger partial charge in [-0.05, 0) is 13.0 Å². The highest BCUT2D eigenvalue weighted by atomic mass is 35.5. The predicted octanol–water partition coefficient (Wildman–Crippen LogP) is 2.07. The van der Waals surface area contributed by atoms with Gasteiger partial charge in [-0.3, -0.25) is 0 Å². The monoisotopic (exact) mass is 181 g/mol. The third-order valence-corrected chi connectivity index (χ3v) is 1.95. The van der Waals surface area contributed by atoms with Gasteiger partial charge in [0.15, 0.2) is 5.60 Å². The molecule has 0 aliphatic heterocycles. The Hall–Kier alpha value is -1.04. The van der Waals surface area contributed by atoms with Crippen molar-refractivity contribution in [2.75, 3.05) is 0 Å². The van der Waals surface area contributed by atoms with Crippen molar-refractivity contribution in [1.82, 2.24) is 0 Å². The number of nitriles is 1. The molecular formula is C9H8ClNO. The van der Waals surface area contributed by atoms with Crippen molar-refractivity contribution in [3.63, 3.8) is 0 Å². The van der Waals surface area contributed by atoms with Gasteiger partial charge in [-0.25, -0.2) is 0 Å². The Kier molecular flexibility index (Phi) is 2.37. The van der Waals surface area contributed by atoms with Crippen LogP contribution in [-0.4, -0.2) is 5.11 Å². The number of hydrogen-bond acceptors (Lipinski definition) is 2. The summed E-state index contributed by atoms with van der Waals surface area (Å²) in [6.45, 7) is 1.41. The van der Waals surface area contributed by atoms with Crippen molar-refractivity contribution >= 4 is 11.6 Å². The van der Waals surface area contributed by atoms with Crippen LogP contribution in [0.2, 0.25) is 5.02 Å². The molecule has 2 nitrogen and oxygen atoms in total. The quantitative estimate of drug-likeness (QED) is 0.675. The fourth-order valence-electron chi connectivity index (χ4n) is 0.916. The molecule has 0 radical (unpaired) electrons. The van der Waals surface area contributed by atoms with Gasteiger partial charge < -0.3 is 5.11 Å². The second-order valence-electron chi connectivity index (χ2n) is 2.66. The molecular weight excluding hydrogens is 174 g/mol. The molecule has 12 heavy (non-hydrogen) atoms. The van der Waals surface area contributed by atoms with Crippen LogP contribution in [0, 0.1) is 11.3 Å². The smallest absolute Gasteiger partial charge is 0.175 e. The first-order valence-electron chi connectivity index (χ1n) is 3.46. The lowest BCUT2D eigenvalue weighted by Gasteiger charge is -2.15. The van der Waals surface area contributed by atoms with Crippen molar-refractivity contribution in [3.05, 3.63) is 34.9 Å². The average molecular weight is 182 g/mol. The zero-order valence-electron chi connectivity index (χ0n) is 6.58. The first-order valence-corrected chi connectivity index (χ1v) is 3.84. The molecule has 0 heterocycles. The highest BCUT2D eigenvalue weighted by Crippen LogP contribution is 2.26. The minimum Gasteiger partial charge on any atom is -0.372 e. The molecule has 0 amide bonds. The van der Waals surface area contributed by atoms with Gasteiger partial charge in [0.2, 0.25) is 0 Å². The van der Waals surface area contributed by atoms with Crippen LogP contribution in [0.4, 0.5) is 0 Å². The Labute approximate surface area is 76.0 Å². The van der Waals surface area contributed by atoms with Gasteiger partial charge in [-0.1, -0.05) is 29.8 Å². The second-order valence-corrected chi connectivity index (χ2v) is 3.07. The summed E-state index contributed by atoms with van der Waals surface area (Å²) in [5, 5.41) is 18.5. The van der Waals surface area contributed by atoms with E-state index in [1.165, 1.54) is 6.92 Å². The molecule has 1 N–H and O–H groups in total. The number of rotatable bonds is 1. The third kappa shape index (κ3) is 1.58. The molecule has 3 heteroatoms. The number of aliphatic hydroxyl groups is 1. The molecule has 0 unspecified atom stereocenters. The first kappa shape index (κ1) is 9.05. The van der Waals surface area contributed by atoms with Crippen molar-refractivity contribution in [2.24, 2.45) is 0 Å². The average Bonchev–Trinajstić information content (AvgIpc) is 2.05. The first-order chi connectivity index (χ1) is 5.58. The minimum absolute atomic E-state index is 0.407. The van der Waals surface area contributed by atoms with E-state index in [0.29, 0.717) is 10.6 Å². The fourth-order valence-corrected chi connectivity index (χ4v) is 1.24. The Morgan fingerprint density at radius 1 is 1.50 bits per heavy atom. The van der Waals surface area contributed by atoms with Crippen molar-refractivity contribution in [3.8, 4) is 6.07 Å². The lowest BCUT2D eigenvalue weighted by molar-refractivity contribution is 0.120. The van der Waals surface area contributed by atoms with Crippen LogP contribution in [-0.2, 0) is 5.60 Å². The summed E-state index contributed by atoms with van der Waals surface area (Å²) < 4.78 is 0. The van der Waals surface area contributed by atoms with E-state index >= 15 is 0 Å². The second kappa shape index (κ2) is 3.14. The molecule has 1 aromatic rings. The van der Waals surface area contributed by atoms with Crippen LogP contribution in [0.3, 0.4) is 0 Å². The molecule has 0 fully saturated rings. The molecule has 0 aromatic heterocycles. The normalized spacial score (nSPS) is 14.8. The van der Waals surface area contributed by atoms with Crippen LogP contribution < -0.4 is 0 Å². The maximum Gasteiger partial charge on any atom is 0.175 e. The summed E-state index contributed by atoms with van der Waals surface area (Å²) in [5.74, 6) is 0. The van der Waals surface area contributed by atoms with Crippen LogP contribution >= 0.6 is 11.6 Å². The standard InChI is InChI=1S/C9H8ClNO/c1-9(12,6-11)7-4-2-3-5-8(7)10/h2-5,12H,1H3/t9-/m0/s1. The van der Waals surface area contributed by atoms with Gasteiger partial charge >= 0.3 is 0 Å². The molecule has 0 saturated heterocycles. The molecule has 0 saturated carbocycles. The van der Waals surface area contributed by atoms with E-state index in [9.17, 15) is 5.11 Å². The van der Waals surface area contributed by atoms with Gasteiger partial charge in [0.05, 0.1) is 0 Å². The third-order valence-electron chi connectivity index (χ3n) is 1.62. The fraction of sp³-hybridized carbons (Fsp3) is 0.222. The SMILES string of the molecule is C[C@](O)(C#N)c1ccccc1Cl. The Morgan fingerprint density at radius 2 is 2.08 bits per heavy atom. The Morgan fingerprint density at radius 3 is 2.58 bits per heavy atom. The van der Waals surface area contributed by atoms with Crippen molar-refractivity contribution in [1.29, 1.82) is 5.26 Å². The number of hydrogen-bond donors (Lipinski definition) is 1. The summed E-state index contributed by atoms with van der Waals surface area (Å²) >= 11 is 5.78. The number of nitrogens with zero attached hydrogens (tertiary/aromatic N) is 1. The zero-order valence-corrected chi connectivity index (χ0v) is 7.34. The molecule has 1 atom stereocenters. The molecule has 0 spiro atoms. The lowest BCUT2D eigenvalue weighted by Crippen LogP contribution is -2.18. The molecule has 0 bridgehead atoms. The van der Waals surface area contributed by atoms with Crippen LogP contribution in [0.15, 0.2) is 24.3 Å². The van der Waals surface area contributed by atoms with Gasteiger partial charge in [0.25, 0.3) is 0 Å². The predicted molar refractivity (Wildman–Crippen MR) is 46.6 cm³/mol. The zero-order chi connectivity index (χ0) is 9.19. The van der Waals surface area contributed by atoms with E-state index in [4.69, 9.17) is 16.9 Å². The number of halogens is 1. The van der Waals surface area contributed by atoms with Crippen LogP contribution in [0.1, 0.15) is 12.5 Å². The molecule has 1 aromatic carbocycles. The Balaban J connectivity index is 3.22. The maximum atomic E-state index is 9.53. The summed E-state index contributed by atoms with van der Waals surface area (Å²) in [6, 6.07) is 8.52. The van der Waals surface area contributed by atoms with Crippen molar-refractivity contribution < 1.29 is 5.11 Å². The summed E-state index contributed by atoms with van der Waals surface area (Å²) in [4.78, 5) is 0. The molecule has 1 rings (SSSR count). The molecule has 0 aliphatic carbocycles. The van der Waals surface area contributed by atoms with E-state index in [1.54, 1.807) is 30.3 Å². The van der Waals surface area contributed by atoms with Crippen LogP contribution in [0.25, 0.3) is 0 Å². The van der Waals surface area contributed by atoms with Crippen molar-refractivity contribution in [2.45, 2.75) is 12.5 Å². The molecule has 0 aliphatic rings. The minimum atomic E-state index is -1.50. The van der Waals surface area contributed by atoms with Crippen LogP contribution in [0.5, 0.6) is 0 Å². The maximum absolute atomic E-state index is 9.53. The topological polar surface area (TPSA) is 44.0 Å². The largest absolute Gasteiger partial charge is 0.372 e. The highest BCUT2D eigenvalue weighted by molar-refractivity contribution is 6.31. The van der Waals surface area contributed by atoms with Gasteiger partial charge in [0.1, 0.15) is 6.07 Å². The van der Waals surface area contributed by atoms with Gasteiger partial charge in [-0.15, -0.1) is 0 Å². The van der Waals surface area contributed by atoms with Gasteiger partial charge in [-0.2, -0.15) is 5.26 Å². The van der Waals surface area contributed by atoms with E-state index in [1.807, 2.05) is 0 Å². The van der Waals surface area contributed by atoms with E-state index in [0.717, 1.165) is 0 Å². The molecule has 62 valence electrons. The summed E-state index contributed by atoms with van der Waals surface area (Å²) in [7, 11) is 0. The van der Waals surface area contributed by atoms with E-state index < -0.39 is 5.60 Å². The van der Waals surface area contributed by atoms with E-state index in [-0.39, 0.29) is 0 Å². The van der Waals surface area contributed by atoms with Gasteiger partial charge in [0, 0.05) is 10.6 Å². The lowest BCUT2D eigenvalue weighted by atomic mass is 9.98. The summed E-state index contributed by atoms with van der Waals surface area (Å²) in [5.41, 5.74) is -1.06. The Bertz CT molecular complexity index is 328. The number of benzene rings is 1. The highest BCUT2D eigenvalue weighted by Gasteiger charge is 2.24. The summed E-state index contributed by atoms with van der Waals surface area (Å²) in [6.07, 6.45) is 0. The van der Waals surface area contributed by atoms with E-state index in [2.05, 4.69) is 0 Å².